The van der Waals surface area contributed by atoms with Crippen LogP contribution in [0.3, 0.4) is 0 Å². The van der Waals surface area contributed by atoms with Crippen LogP contribution < -0.4 is 5.32 Å². The molecular formula is C12H19NO4. The van der Waals surface area contributed by atoms with Gasteiger partial charge in [0.2, 0.25) is 5.91 Å². The van der Waals surface area contributed by atoms with Crippen LogP contribution in [0.25, 0.3) is 0 Å². The second-order valence-corrected chi connectivity index (χ2v) is 4.89. The van der Waals surface area contributed by atoms with E-state index in [0.29, 0.717) is 19.4 Å². The molecule has 1 amide bonds. The van der Waals surface area contributed by atoms with Gasteiger partial charge >= 0.3 is 5.97 Å². The number of carboxylic acids is 1. The molecule has 0 heterocycles. The molecule has 2 N–H and O–H groups in total. The normalized spacial score (nSPS) is 35.6. The number of amides is 1. The van der Waals surface area contributed by atoms with Crippen molar-refractivity contribution in [1.82, 2.24) is 5.32 Å². The Bertz CT molecular complexity index is 318. The maximum absolute atomic E-state index is 11.8. The zero-order valence-electron chi connectivity index (χ0n) is 10.0. The molecule has 0 aromatic heterocycles. The van der Waals surface area contributed by atoms with Crippen LogP contribution in [0, 0.1) is 11.8 Å². The van der Waals surface area contributed by atoms with Crippen molar-refractivity contribution in [3.63, 3.8) is 0 Å². The molecule has 2 rings (SSSR count). The molecule has 4 atom stereocenters. The molecule has 0 bridgehead atoms. The van der Waals surface area contributed by atoms with Crippen molar-refractivity contribution in [3.8, 4) is 0 Å². The quantitative estimate of drug-likeness (QED) is 0.746. The molecule has 0 aromatic carbocycles. The molecule has 2 saturated carbocycles. The molecule has 0 aliphatic heterocycles. The van der Waals surface area contributed by atoms with Crippen LogP contribution in [0.2, 0.25) is 0 Å². The minimum Gasteiger partial charge on any atom is -0.481 e. The Morgan fingerprint density at radius 1 is 1.35 bits per heavy atom. The fraction of sp³-hybridized carbons (Fsp3) is 0.833. The summed E-state index contributed by atoms with van der Waals surface area (Å²) in [5.74, 6) is -1.03. The molecule has 17 heavy (non-hydrogen) atoms. The van der Waals surface area contributed by atoms with Crippen LogP contribution in [-0.4, -0.2) is 35.7 Å². The highest BCUT2D eigenvalue weighted by molar-refractivity contribution is 5.82. The second-order valence-electron chi connectivity index (χ2n) is 4.89. The van der Waals surface area contributed by atoms with Crippen molar-refractivity contribution >= 4 is 11.9 Å². The summed E-state index contributed by atoms with van der Waals surface area (Å²) < 4.78 is 5.36. The number of carbonyl (C=O) groups is 2. The summed E-state index contributed by atoms with van der Waals surface area (Å²) in [5, 5.41) is 11.8. The first kappa shape index (κ1) is 12.4. The topological polar surface area (TPSA) is 75.6 Å². The van der Waals surface area contributed by atoms with Crippen LogP contribution in [0.4, 0.5) is 0 Å². The fourth-order valence-electron chi connectivity index (χ4n) is 2.49. The van der Waals surface area contributed by atoms with Gasteiger partial charge in [0, 0.05) is 12.6 Å². The minimum absolute atomic E-state index is 0.0150. The third-order valence-electron chi connectivity index (χ3n) is 3.58. The lowest BCUT2D eigenvalue weighted by atomic mass is 10.1. The lowest BCUT2D eigenvalue weighted by Gasteiger charge is -2.12. The summed E-state index contributed by atoms with van der Waals surface area (Å²) in [4.78, 5) is 22.6. The SMILES string of the molecule is CCOC1CC1C(=O)N[C@H]1CC[C@@H](C(=O)O)C1. The van der Waals surface area contributed by atoms with Gasteiger partial charge in [-0.05, 0) is 32.6 Å². The van der Waals surface area contributed by atoms with Crippen molar-refractivity contribution in [2.45, 2.75) is 44.8 Å². The number of carboxylic acid groups (broad SMARTS) is 1. The van der Waals surface area contributed by atoms with E-state index >= 15 is 0 Å². The molecule has 5 nitrogen and oxygen atoms in total. The summed E-state index contributed by atoms with van der Waals surface area (Å²) >= 11 is 0. The Labute approximate surface area is 101 Å². The zero-order valence-corrected chi connectivity index (χ0v) is 10.0. The second kappa shape index (κ2) is 5.04. The molecular weight excluding hydrogens is 222 g/mol. The third-order valence-corrected chi connectivity index (χ3v) is 3.58. The molecule has 2 fully saturated rings. The number of rotatable bonds is 5. The van der Waals surface area contributed by atoms with Crippen LogP contribution >= 0.6 is 0 Å². The number of hydrogen-bond acceptors (Lipinski definition) is 3. The van der Waals surface area contributed by atoms with Gasteiger partial charge in [-0.1, -0.05) is 0 Å². The van der Waals surface area contributed by atoms with Gasteiger partial charge in [0.1, 0.15) is 0 Å². The maximum atomic E-state index is 11.8. The first-order valence-electron chi connectivity index (χ1n) is 6.26. The van der Waals surface area contributed by atoms with E-state index in [2.05, 4.69) is 5.32 Å². The number of ether oxygens (including phenoxy) is 1. The Balaban J connectivity index is 1.72. The van der Waals surface area contributed by atoms with E-state index in [1.165, 1.54) is 0 Å². The van der Waals surface area contributed by atoms with Gasteiger partial charge in [0.15, 0.2) is 0 Å². The lowest BCUT2D eigenvalue weighted by molar-refractivity contribution is -0.141. The first-order valence-corrected chi connectivity index (χ1v) is 6.26. The smallest absolute Gasteiger partial charge is 0.306 e. The Morgan fingerprint density at radius 3 is 2.71 bits per heavy atom. The van der Waals surface area contributed by atoms with Crippen molar-refractivity contribution < 1.29 is 19.4 Å². The maximum Gasteiger partial charge on any atom is 0.306 e. The molecule has 2 aliphatic rings. The highest BCUT2D eigenvalue weighted by Crippen LogP contribution is 2.34. The standard InChI is InChI=1S/C12H19NO4/c1-2-17-10-6-9(10)11(14)13-8-4-3-7(5-8)12(15)16/h7-10H,2-6H2,1H3,(H,13,14)(H,15,16)/t7-,8+,9?,10?/m1/s1. The van der Waals surface area contributed by atoms with Crippen LogP contribution in [-0.2, 0) is 14.3 Å². The number of hydrogen-bond donors (Lipinski definition) is 2. The van der Waals surface area contributed by atoms with Gasteiger partial charge in [-0.25, -0.2) is 0 Å². The number of aliphatic carboxylic acids is 1. The minimum atomic E-state index is -0.750. The summed E-state index contributed by atoms with van der Waals surface area (Å²) in [7, 11) is 0. The Morgan fingerprint density at radius 2 is 2.12 bits per heavy atom. The van der Waals surface area contributed by atoms with Crippen molar-refractivity contribution in [1.29, 1.82) is 0 Å². The van der Waals surface area contributed by atoms with E-state index in [4.69, 9.17) is 9.84 Å². The van der Waals surface area contributed by atoms with Crippen LogP contribution in [0.15, 0.2) is 0 Å². The molecule has 5 heteroatoms. The average Bonchev–Trinajstić information content (AvgIpc) is 2.88. The van der Waals surface area contributed by atoms with Crippen molar-refractivity contribution in [2.75, 3.05) is 6.61 Å². The van der Waals surface area contributed by atoms with Crippen molar-refractivity contribution in [2.24, 2.45) is 11.8 Å². The monoisotopic (exact) mass is 241 g/mol. The van der Waals surface area contributed by atoms with Gasteiger partial charge in [-0.3, -0.25) is 9.59 Å². The van der Waals surface area contributed by atoms with E-state index in [1.54, 1.807) is 0 Å². The van der Waals surface area contributed by atoms with E-state index in [-0.39, 0.29) is 29.9 Å². The number of carbonyl (C=O) groups excluding carboxylic acids is 1. The van der Waals surface area contributed by atoms with Crippen LogP contribution in [0.1, 0.15) is 32.6 Å². The molecule has 0 spiro atoms. The predicted molar refractivity (Wildman–Crippen MR) is 60.4 cm³/mol. The molecule has 0 saturated heterocycles. The summed E-state index contributed by atoms with van der Waals surface area (Å²) in [6, 6.07) is 0.0338. The van der Waals surface area contributed by atoms with E-state index < -0.39 is 5.97 Å². The van der Waals surface area contributed by atoms with E-state index in [9.17, 15) is 9.59 Å². The molecule has 0 aromatic rings. The first-order chi connectivity index (χ1) is 8.11. The van der Waals surface area contributed by atoms with Crippen LogP contribution in [0.5, 0.6) is 0 Å². The van der Waals surface area contributed by atoms with Crippen molar-refractivity contribution in [3.05, 3.63) is 0 Å². The summed E-state index contributed by atoms with van der Waals surface area (Å²) in [6.45, 7) is 2.56. The fourth-order valence-corrected chi connectivity index (χ4v) is 2.49. The van der Waals surface area contributed by atoms with Gasteiger partial charge in [0.25, 0.3) is 0 Å². The summed E-state index contributed by atoms with van der Waals surface area (Å²) in [6.07, 6.45) is 2.88. The molecule has 2 unspecified atom stereocenters. The Kier molecular flexibility index (Phi) is 3.66. The highest BCUT2D eigenvalue weighted by Gasteiger charge is 2.45. The summed E-state index contributed by atoms with van der Waals surface area (Å²) in [5.41, 5.74) is 0. The van der Waals surface area contributed by atoms with Gasteiger partial charge in [-0.2, -0.15) is 0 Å². The average molecular weight is 241 g/mol. The molecule has 2 aliphatic carbocycles. The van der Waals surface area contributed by atoms with Gasteiger partial charge < -0.3 is 15.2 Å². The largest absolute Gasteiger partial charge is 0.481 e. The lowest BCUT2D eigenvalue weighted by Crippen LogP contribution is -2.35. The molecule has 0 radical (unpaired) electrons. The van der Waals surface area contributed by atoms with Gasteiger partial charge in [-0.15, -0.1) is 0 Å². The molecule has 96 valence electrons. The number of nitrogens with one attached hydrogen (secondary N) is 1. The van der Waals surface area contributed by atoms with E-state index in [1.807, 2.05) is 6.92 Å². The highest BCUT2D eigenvalue weighted by atomic mass is 16.5. The Hall–Kier alpha value is -1.10. The zero-order chi connectivity index (χ0) is 12.4. The van der Waals surface area contributed by atoms with E-state index in [0.717, 1.165) is 12.8 Å². The predicted octanol–water partition coefficient (Wildman–Crippen LogP) is 0.781. The van der Waals surface area contributed by atoms with Gasteiger partial charge in [0.05, 0.1) is 17.9 Å². The third kappa shape index (κ3) is 2.97.